The minimum atomic E-state index is -3.33. The maximum absolute atomic E-state index is 12.2. The van der Waals surface area contributed by atoms with E-state index in [1.807, 2.05) is 0 Å². The lowest BCUT2D eigenvalue weighted by Gasteiger charge is -2.08. The fourth-order valence-electron chi connectivity index (χ4n) is 2.60. The molecule has 0 heterocycles. The molecule has 2 rings (SSSR count). The van der Waals surface area contributed by atoms with Crippen molar-refractivity contribution in [1.29, 1.82) is 0 Å². The van der Waals surface area contributed by atoms with Gasteiger partial charge < -0.3 is 0 Å². The second kappa shape index (κ2) is 8.95. The highest BCUT2D eigenvalue weighted by Gasteiger charge is 2.13. The van der Waals surface area contributed by atoms with Crippen molar-refractivity contribution in [3.05, 3.63) is 57.6 Å². The molecule has 152 valence electrons. The molecule has 0 bridgehead atoms. The molecule has 0 N–H and O–H groups in total. The summed E-state index contributed by atoms with van der Waals surface area (Å²) in [5.74, 6) is 0.00603. The number of hydrogen-bond donors (Lipinski definition) is 0. The molecule has 0 spiro atoms. The Bertz CT molecular complexity index is 1020. The van der Waals surface area contributed by atoms with Crippen molar-refractivity contribution in [3.63, 3.8) is 0 Å². The first-order valence-electron chi connectivity index (χ1n) is 8.36. The average Bonchev–Trinajstić information content (AvgIpc) is 2.57. The summed E-state index contributed by atoms with van der Waals surface area (Å²) >= 11 is 12.2. The largest absolute Gasteiger partial charge is 0.300 e. The van der Waals surface area contributed by atoms with E-state index < -0.39 is 19.7 Å². The van der Waals surface area contributed by atoms with E-state index in [1.54, 1.807) is 12.1 Å². The number of hydrogen-bond acceptors (Lipinski definition) is 5. The summed E-state index contributed by atoms with van der Waals surface area (Å²) in [4.78, 5) is 12.5. The van der Waals surface area contributed by atoms with E-state index in [0.29, 0.717) is 34.0 Å². The van der Waals surface area contributed by atoms with E-state index in [-0.39, 0.29) is 28.4 Å². The van der Waals surface area contributed by atoms with Gasteiger partial charge in [-0.05, 0) is 48.2 Å². The van der Waals surface area contributed by atoms with E-state index in [0.717, 1.165) is 12.5 Å². The molecule has 0 aliphatic heterocycles. The van der Waals surface area contributed by atoms with Gasteiger partial charge in [-0.15, -0.1) is 0 Å². The number of sulfone groups is 2. The highest BCUT2D eigenvalue weighted by Crippen LogP contribution is 2.24. The SMILES string of the molecule is CS(=O)(=O)c1ccc(CCC(=O)CCc2ccc(S(C)(=O)=O)cc2Cl)c(Cl)c1. The Kier molecular flexibility index (Phi) is 7.31. The van der Waals surface area contributed by atoms with Crippen LogP contribution in [0.2, 0.25) is 10.0 Å². The highest BCUT2D eigenvalue weighted by molar-refractivity contribution is 7.91. The van der Waals surface area contributed by atoms with Gasteiger partial charge in [-0.2, -0.15) is 0 Å². The van der Waals surface area contributed by atoms with Crippen molar-refractivity contribution in [2.24, 2.45) is 0 Å². The van der Waals surface area contributed by atoms with Crippen LogP contribution in [-0.4, -0.2) is 35.1 Å². The molecule has 9 heteroatoms. The van der Waals surface area contributed by atoms with Crippen molar-refractivity contribution in [1.82, 2.24) is 0 Å². The predicted molar refractivity (Wildman–Crippen MR) is 111 cm³/mol. The number of Topliss-reactive ketones (excluding diaryl/α,β-unsaturated/α-hetero) is 1. The van der Waals surface area contributed by atoms with Gasteiger partial charge in [0.15, 0.2) is 19.7 Å². The Balaban J connectivity index is 1.95. The summed E-state index contributed by atoms with van der Waals surface area (Å²) in [6, 6.07) is 8.97. The smallest absolute Gasteiger partial charge is 0.175 e. The summed E-state index contributed by atoms with van der Waals surface area (Å²) in [5, 5.41) is 0.630. The van der Waals surface area contributed by atoms with E-state index in [1.165, 1.54) is 24.3 Å². The first-order chi connectivity index (χ1) is 12.9. The second-order valence-corrected chi connectivity index (χ2v) is 11.4. The van der Waals surface area contributed by atoms with Crippen LogP contribution in [0.5, 0.6) is 0 Å². The maximum Gasteiger partial charge on any atom is 0.175 e. The molecule has 0 aliphatic carbocycles. The standard InChI is InChI=1S/C19H20Cl2O5S2/c1-27(23,24)16-9-5-13(18(20)11-16)3-7-15(22)8-4-14-6-10-17(12-19(14)21)28(2,25)26/h5-6,9-12H,3-4,7-8H2,1-2H3. The van der Waals surface area contributed by atoms with Gasteiger partial charge in [-0.25, -0.2) is 16.8 Å². The van der Waals surface area contributed by atoms with Crippen molar-refractivity contribution < 1.29 is 21.6 Å². The van der Waals surface area contributed by atoms with Gasteiger partial charge in [0.25, 0.3) is 0 Å². The molecule has 0 saturated carbocycles. The molecular formula is C19H20Cl2O5S2. The molecule has 0 radical (unpaired) electrons. The predicted octanol–water partition coefficient (Wildman–Crippen LogP) is 3.93. The third kappa shape index (κ3) is 6.30. The first kappa shape index (κ1) is 22.9. The number of aryl methyl sites for hydroxylation is 2. The van der Waals surface area contributed by atoms with Crippen molar-refractivity contribution >= 4 is 48.7 Å². The van der Waals surface area contributed by atoms with Crippen LogP contribution in [0.3, 0.4) is 0 Å². The van der Waals surface area contributed by atoms with Crippen LogP contribution in [0.25, 0.3) is 0 Å². The van der Waals surface area contributed by atoms with Crippen LogP contribution in [0.1, 0.15) is 24.0 Å². The lowest BCUT2D eigenvalue weighted by Crippen LogP contribution is -2.04. The number of rotatable bonds is 8. The van der Waals surface area contributed by atoms with Crippen LogP contribution in [0.4, 0.5) is 0 Å². The van der Waals surface area contributed by atoms with Crippen LogP contribution in [-0.2, 0) is 37.3 Å². The zero-order valence-electron chi connectivity index (χ0n) is 15.4. The molecular weight excluding hydrogens is 443 g/mol. The monoisotopic (exact) mass is 462 g/mol. The van der Waals surface area contributed by atoms with E-state index in [2.05, 4.69) is 0 Å². The molecule has 28 heavy (non-hydrogen) atoms. The summed E-state index contributed by atoms with van der Waals surface area (Å²) in [6.45, 7) is 0. The summed E-state index contributed by atoms with van der Waals surface area (Å²) in [5.41, 5.74) is 1.41. The molecule has 5 nitrogen and oxygen atoms in total. The average molecular weight is 463 g/mol. The Labute approximate surface area is 175 Å². The molecule has 0 fully saturated rings. The lowest BCUT2D eigenvalue weighted by atomic mass is 10.0. The molecule has 0 unspecified atom stereocenters. The van der Waals surface area contributed by atoms with Crippen molar-refractivity contribution in [2.45, 2.75) is 35.5 Å². The topological polar surface area (TPSA) is 85.3 Å². The molecule has 0 amide bonds. The Hall–Kier alpha value is -1.41. The van der Waals surface area contributed by atoms with Gasteiger partial charge in [-0.3, -0.25) is 4.79 Å². The zero-order chi connectivity index (χ0) is 21.1. The normalized spacial score (nSPS) is 12.1. The fraction of sp³-hybridized carbons (Fsp3) is 0.316. The molecule has 0 saturated heterocycles. The van der Waals surface area contributed by atoms with Gasteiger partial charge in [0.2, 0.25) is 0 Å². The number of carbonyl (C=O) groups is 1. The molecule has 2 aromatic rings. The van der Waals surface area contributed by atoms with Crippen LogP contribution in [0, 0.1) is 0 Å². The maximum atomic E-state index is 12.2. The molecule has 0 atom stereocenters. The Morgan fingerprint density at radius 3 is 1.39 bits per heavy atom. The summed E-state index contributed by atoms with van der Waals surface area (Å²) in [6.07, 6.45) is 3.55. The highest BCUT2D eigenvalue weighted by atomic mass is 35.5. The summed E-state index contributed by atoms with van der Waals surface area (Å²) in [7, 11) is -6.66. The number of carbonyl (C=O) groups excluding carboxylic acids is 1. The third-order valence-electron chi connectivity index (χ3n) is 4.25. The van der Waals surface area contributed by atoms with Crippen LogP contribution < -0.4 is 0 Å². The number of benzene rings is 2. The van der Waals surface area contributed by atoms with E-state index in [9.17, 15) is 21.6 Å². The fourth-order valence-corrected chi connectivity index (χ4v) is 4.57. The van der Waals surface area contributed by atoms with Gasteiger partial charge in [-0.1, -0.05) is 35.3 Å². The molecule has 0 aliphatic rings. The number of halogens is 2. The third-order valence-corrected chi connectivity index (χ3v) is 7.18. The van der Waals surface area contributed by atoms with E-state index in [4.69, 9.17) is 23.2 Å². The Morgan fingerprint density at radius 2 is 1.11 bits per heavy atom. The van der Waals surface area contributed by atoms with Crippen molar-refractivity contribution in [2.75, 3.05) is 12.5 Å². The number of ketones is 1. The van der Waals surface area contributed by atoms with Gasteiger partial charge in [0.1, 0.15) is 5.78 Å². The van der Waals surface area contributed by atoms with Crippen LogP contribution in [0.15, 0.2) is 46.2 Å². The second-order valence-electron chi connectivity index (χ2n) is 6.59. The van der Waals surface area contributed by atoms with Gasteiger partial charge in [0.05, 0.1) is 9.79 Å². The first-order valence-corrected chi connectivity index (χ1v) is 12.9. The summed E-state index contributed by atoms with van der Waals surface area (Å²) < 4.78 is 46.1. The zero-order valence-corrected chi connectivity index (χ0v) is 18.6. The molecule has 2 aromatic carbocycles. The molecule has 0 aromatic heterocycles. The minimum absolute atomic E-state index is 0.00603. The Morgan fingerprint density at radius 1 is 0.750 bits per heavy atom. The lowest BCUT2D eigenvalue weighted by molar-refractivity contribution is -0.119. The van der Waals surface area contributed by atoms with Crippen molar-refractivity contribution in [3.8, 4) is 0 Å². The van der Waals surface area contributed by atoms with Gasteiger partial charge in [0, 0.05) is 35.4 Å². The van der Waals surface area contributed by atoms with E-state index >= 15 is 0 Å². The van der Waals surface area contributed by atoms with Crippen LogP contribution >= 0.6 is 23.2 Å². The quantitative estimate of drug-likeness (QED) is 0.592. The minimum Gasteiger partial charge on any atom is -0.300 e. The van der Waals surface area contributed by atoms with Gasteiger partial charge >= 0.3 is 0 Å².